The number of nitrogens with zero attached hydrogens (tertiary/aromatic N) is 2. The third-order valence-corrected chi connectivity index (χ3v) is 8.23. The molecule has 0 spiro atoms. The third kappa shape index (κ3) is 6.22. The fraction of sp³-hybridized carbons (Fsp3) is 0.583. The summed E-state index contributed by atoms with van der Waals surface area (Å²) in [5.41, 5.74) is 0.238. The summed E-state index contributed by atoms with van der Waals surface area (Å²) in [4.78, 5) is 30.3. The van der Waals surface area contributed by atoms with Gasteiger partial charge in [-0.3, -0.25) is 9.59 Å². The molecule has 3 rings (SSSR count). The molecule has 1 amide bonds. The normalized spacial score (nSPS) is 16.6. The second kappa shape index (κ2) is 11.3. The molecule has 1 aliphatic rings. The molecule has 0 radical (unpaired) electrons. The van der Waals surface area contributed by atoms with Gasteiger partial charge < -0.3 is 15.2 Å². The summed E-state index contributed by atoms with van der Waals surface area (Å²) in [5.74, 6) is -0.136. The lowest BCUT2D eigenvalue weighted by Crippen LogP contribution is -2.36. The largest absolute Gasteiger partial charge is 0.352 e. The number of nitrogens with one attached hydrogen (secondary N) is 2. The Bertz CT molecular complexity index is 1120. The Morgan fingerprint density at radius 3 is 2.42 bits per heavy atom. The van der Waals surface area contributed by atoms with Crippen LogP contribution in [0.4, 0.5) is 0 Å². The Hall–Kier alpha value is -2.23. The molecule has 0 bridgehead atoms. The minimum Gasteiger partial charge on any atom is -0.352 e. The number of aromatic amines is 1. The summed E-state index contributed by atoms with van der Waals surface area (Å²) in [5, 5.41) is 3.35. The van der Waals surface area contributed by atoms with Crippen LogP contribution in [0.25, 0.3) is 10.9 Å². The van der Waals surface area contributed by atoms with Crippen molar-refractivity contribution in [2.24, 2.45) is 5.92 Å². The number of aromatic nitrogens is 1. The van der Waals surface area contributed by atoms with Gasteiger partial charge in [0.1, 0.15) is 0 Å². The number of H-pyrrole nitrogens is 1. The quantitative estimate of drug-likeness (QED) is 0.579. The lowest BCUT2D eigenvalue weighted by atomic mass is 10.1. The Kier molecular flexibility index (Phi) is 8.67. The number of carbonyl (C=O) groups excluding carboxylic acids is 1. The standard InChI is InChI=1S/C24H36N4O4S/c1-4-27(5-2)17-18(3)16-25-24(30)21-15-23(29)26-22-11-10-19(14-20(21)22)33(31,32)28-12-8-6-7-9-13-28/h10-11,14-15,18H,4-9,12-13,16-17H2,1-3H3,(H,25,30)(H,26,29). The molecular weight excluding hydrogens is 440 g/mol. The Morgan fingerprint density at radius 1 is 1.12 bits per heavy atom. The number of sulfonamides is 1. The number of benzene rings is 1. The van der Waals surface area contributed by atoms with Crippen molar-refractivity contribution in [2.45, 2.75) is 51.3 Å². The fourth-order valence-corrected chi connectivity index (χ4v) is 5.91. The highest BCUT2D eigenvalue weighted by atomic mass is 32.2. The number of fused-ring (bicyclic) bond motifs is 1. The van der Waals surface area contributed by atoms with E-state index in [9.17, 15) is 18.0 Å². The molecule has 2 aromatic rings. The average molecular weight is 477 g/mol. The van der Waals surface area contributed by atoms with Crippen LogP contribution in [0.2, 0.25) is 0 Å². The van der Waals surface area contributed by atoms with Gasteiger partial charge in [0.15, 0.2) is 0 Å². The monoisotopic (exact) mass is 476 g/mol. The Balaban J connectivity index is 1.87. The first-order valence-electron chi connectivity index (χ1n) is 11.9. The van der Waals surface area contributed by atoms with Gasteiger partial charge in [0.25, 0.3) is 5.91 Å². The topological polar surface area (TPSA) is 103 Å². The predicted octanol–water partition coefficient (Wildman–Crippen LogP) is 2.80. The second-order valence-electron chi connectivity index (χ2n) is 8.87. The van der Waals surface area contributed by atoms with E-state index < -0.39 is 15.6 Å². The molecule has 1 aromatic carbocycles. The summed E-state index contributed by atoms with van der Waals surface area (Å²) in [7, 11) is -3.67. The molecule has 1 atom stereocenters. The minimum atomic E-state index is -3.67. The molecular formula is C24H36N4O4S. The Labute approximate surface area is 196 Å². The fourth-order valence-electron chi connectivity index (χ4n) is 4.36. The lowest BCUT2D eigenvalue weighted by molar-refractivity contribution is 0.0946. The van der Waals surface area contributed by atoms with Crippen LogP contribution in [-0.4, -0.2) is 67.8 Å². The molecule has 33 heavy (non-hydrogen) atoms. The first-order chi connectivity index (χ1) is 15.8. The number of hydrogen-bond donors (Lipinski definition) is 2. The van der Waals surface area contributed by atoms with Gasteiger partial charge in [0.2, 0.25) is 15.6 Å². The van der Waals surface area contributed by atoms with Crippen LogP contribution in [0.5, 0.6) is 0 Å². The number of rotatable bonds is 9. The first kappa shape index (κ1) is 25.4. The van der Waals surface area contributed by atoms with E-state index in [0.29, 0.717) is 30.5 Å². The van der Waals surface area contributed by atoms with Crippen molar-refractivity contribution in [3.8, 4) is 0 Å². The number of amides is 1. The van der Waals surface area contributed by atoms with Crippen molar-refractivity contribution in [2.75, 3.05) is 39.3 Å². The van der Waals surface area contributed by atoms with E-state index in [0.717, 1.165) is 45.3 Å². The number of pyridine rings is 1. The summed E-state index contributed by atoms with van der Waals surface area (Å²) in [6.07, 6.45) is 3.75. The highest BCUT2D eigenvalue weighted by Crippen LogP contribution is 2.25. The lowest BCUT2D eigenvalue weighted by Gasteiger charge is -2.23. The minimum absolute atomic E-state index is 0.146. The van der Waals surface area contributed by atoms with Gasteiger partial charge in [-0.25, -0.2) is 8.42 Å². The maximum absolute atomic E-state index is 13.3. The molecule has 0 aliphatic carbocycles. The SMILES string of the molecule is CCN(CC)CC(C)CNC(=O)c1cc(=O)[nH]c2ccc(S(=O)(=O)N3CCCCCC3)cc12. The smallest absolute Gasteiger partial charge is 0.252 e. The molecule has 2 heterocycles. The summed E-state index contributed by atoms with van der Waals surface area (Å²) in [6.45, 7) is 10.5. The van der Waals surface area contributed by atoms with Crippen LogP contribution in [0.3, 0.4) is 0 Å². The molecule has 1 unspecified atom stereocenters. The van der Waals surface area contributed by atoms with Crippen LogP contribution in [-0.2, 0) is 10.0 Å². The van der Waals surface area contributed by atoms with Crippen molar-refractivity contribution >= 4 is 26.8 Å². The van der Waals surface area contributed by atoms with E-state index in [1.54, 1.807) is 6.07 Å². The average Bonchev–Trinajstić information content (AvgIpc) is 3.10. The maximum Gasteiger partial charge on any atom is 0.252 e. The number of carbonyl (C=O) groups is 1. The van der Waals surface area contributed by atoms with Gasteiger partial charge >= 0.3 is 0 Å². The molecule has 9 heteroatoms. The highest BCUT2D eigenvalue weighted by molar-refractivity contribution is 7.89. The van der Waals surface area contributed by atoms with Crippen molar-refractivity contribution in [1.29, 1.82) is 0 Å². The zero-order valence-corrected chi connectivity index (χ0v) is 20.7. The zero-order valence-electron chi connectivity index (χ0n) is 19.9. The molecule has 182 valence electrons. The van der Waals surface area contributed by atoms with Gasteiger partial charge in [-0.15, -0.1) is 0 Å². The second-order valence-corrected chi connectivity index (χ2v) is 10.8. The highest BCUT2D eigenvalue weighted by Gasteiger charge is 2.26. The molecule has 1 fully saturated rings. The molecule has 1 aliphatic heterocycles. The van der Waals surface area contributed by atoms with E-state index >= 15 is 0 Å². The van der Waals surface area contributed by atoms with E-state index in [-0.39, 0.29) is 22.3 Å². The van der Waals surface area contributed by atoms with Crippen LogP contribution in [0.1, 0.15) is 56.8 Å². The number of hydrogen-bond acceptors (Lipinski definition) is 5. The van der Waals surface area contributed by atoms with Crippen LogP contribution >= 0.6 is 0 Å². The van der Waals surface area contributed by atoms with E-state index in [2.05, 4.69) is 36.0 Å². The molecule has 1 aromatic heterocycles. The summed E-state index contributed by atoms with van der Waals surface area (Å²) >= 11 is 0. The van der Waals surface area contributed by atoms with Gasteiger partial charge in [-0.1, -0.05) is 33.6 Å². The Morgan fingerprint density at radius 2 is 1.79 bits per heavy atom. The van der Waals surface area contributed by atoms with Crippen molar-refractivity contribution in [3.05, 3.63) is 40.2 Å². The molecule has 2 N–H and O–H groups in total. The summed E-state index contributed by atoms with van der Waals surface area (Å²) < 4.78 is 28.0. The zero-order chi connectivity index (χ0) is 24.0. The molecule has 0 saturated carbocycles. The molecule has 8 nitrogen and oxygen atoms in total. The predicted molar refractivity (Wildman–Crippen MR) is 131 cm³/mol. The van der Waals surface area contributed by atoms with Crippen LogP contribution in [0.15, 0.2) is 34.0 Å². The molecule has 1 saturated heterocycles. The van der Waals surface area contributed by atoms with Crippen LogP contribution < -0.4 is 10.9 Å². The summed E-state index contributed by atoms with van der Waals surface area (Å²) in [6, 6.07) is 5.84. The van der Waals surface area contributed by atoms with Crippen molar-refractivity contribution in [1.82, 2.24) is 19.5 Å². The van der Waals surface area contributed by atoms with Crippen LogP contribution in [0, 0.1) is 5.92 Å². The van der Waals surface area contributed by atoms with Crippen molar-refractivity contribution in [3.63, 3.8) is 0 Å². The van der Waals surface area contributed by atoms with E-state index in [1.165, 1.54) is 22.5 Å². The third-order valence-electron chi connectivity index (χ3n) is 6.34. The van der Waals surface area contributed by atoms with Gasteiger partial charge in [0.05, 0.1) is 10.5 Å². The van der Waals surface area contributed by atoms with E-state index in [1.807, 2.05) is 0 Å². The first-order valence-corrected chi connectivity index (χ1v) is 13.4. The van der Waals surface area contributed by atoms with Gasteiger partial charge in [0, 0.05) is 43.1 Å². The van der Waals surface area contributed by atoms with Crippen molar-refractivity contribution < 1.29 is 13.2 Å². The van der Waals surface area contributed by atoms with Gasteiger partial charge in [-0.2, -0.15) is 4.31 Å². The maximum atomic E-state index is 13.3. The van der Waals surface area contributed by atoms with Gasteiger partial charge in [-0.05, 0) is 50.0 Å². The van der Waals surface area contributed by atoms with E-state index in [4.69, 9.17) is 0 Å².